The molecule has 0 radical (unpaired) electrons. The quantitative estimate of drug-likeness (QED) is 0.321. The van der Waals surface area contributed by atoms with Gasteiger partial charge in [0.1, 0.15) is 5.52 Å². The molecule has 6 heteroatoms. The second kappa shape index (κ2) is 5.98. The van der Waals surface area contributed by atoms with Gasteiger partial charge in [0.15, 0.2) is 5.75 Å². The van der Waals surface area contributed by atoms with Gasteiger partial charge in [0.05, 0.1) is 15.5 Å². The number of hydrogen-bond donors (Lipinski definition) is 0. The molecule has 4 saturated carbocycles. The molecular formula is C21H20Cl3NO2. The van der Waals surface area contributed by atoms with Crippen molar-refractivity contribution in [1.82, 2.24) is 4.98 Å². The number of rotatable bonds is 2. The maximum Gasteiger partial charge on any atom is 0.317 e. The summed E-state index contributed by atoms with van der Waals surface area (Å²) in [6, 6.07) is 5.38. The number of carbonyl (C=O) groups is 1. The summed E-state index contributed by atoms with van der Waals surface area (Å²) in [5.41, 5.74) is 0.851. The van der Waals surface area contributed by atoms with Crippen molar-refractivity contribution in [2.45, 2.75) is 50.3 Å². The molecule has 142 valence electrons. The van der Waals surface area contributed by atoms with Gasteiger partial charge in [-0.2, -0.15) is 0 Å². The Balaban J connectivity index is 1.54. The van der Waals surface area contributed by atoms with Gasteiger partial charge >= 0.3 is 5.97 Å². The summed E-state index contributed by atoms with van der Waals surface area (Å²) in [4.78, 5) is 17.7. The largest absolute Gasteiger partial charge is 0.422 e. The molecule has 27 heavy (non-hydrogen) atoms. The van der Waals surface area contributed by atoms with Crippen molar-refractivity contribution in [3.05, 3.63) is 33.9 Å². The lowest BCUT2D eigenvalue weighted by Crippen LogP contribution is -2.56. The van der Waals surface area contributed by atoms with Crippen LogP contribution in [0.1, 0.15) is 44.2 Å². The number of fused-ring (bicyclic) bond motifs is 1. The Kier molecular flexibility index (Phi) is 3.99. The van der Waals surface area contributed by atoms with Crippen LogP contribution in [0.25, 0.3) is 10.9 Å². The van der Waals surface area contributed by atoms with E-state index in [9.17, 15) is 4.79 Å². The SMILES string of the molecule is Cc1ccc2c(Cl)cc(Cl)c(OC(=O)C34CC5CC(CC(Cl)(C5)C3)C4)c2n1. The molecule has 1 aromatic heterocycles. The summed E-state index contributed by atoms with van der Waals surface area (Å²) >= 11 is 19.6. The molecular weight excluding hydrogens is 405 g/mol. The monoisotopic (exact) mass is 423 g/mol. The minimum Gasteiger partial charge on any atom is -0.422 e. The van der Waals surface area contributed by atoms with Crippen molar-refractivity contribution in [3.63, 3.8) is 0 Å². The minimum atomic E-state index is -0.495. The molecule has 6 rings (SSSR count). The zero-order valence-electron chi connectivity index (χ0n) is 15.0. The average Bonchev–Trinajstić information content (AvgIpc) is 2.55. The normalized spacial score (nSPS) is 34.2. The number of hydrogen-bond acceptors (Lipinski definition) is 3. The Labute approximate surface area is 173 Å². The van der Waals surface area contributed by atoms with Crippen LogP contribution >= 0.6 is 34.8 Å². The second-order valence-electron chi connectivity index (χ2n) is 8.80. The third-order valence-electron chi connectivity index (χ3n) is 6.59. The summed E-state index contributed by atoms with van der Waals surface area (Å²) in [5, 5.41) is 1.54. The lowest BCUT2D eigenvalue weighted by atomic mass is 9.49. The van der Waals surface area contributed by atoms with Crippen LogP contribution in [0.4, 0.5) is 0 Å². The van der Waals surface area contributed by atoms with Gasteiger partial charge in [-0.15, -0.1) is 11.6 Å². The van der Waals surface area contributed by atoms with Crippen molar-refractivity contribution in [2.24, 2.45) is 17.3 Å². The summed E-state index contributed by atoms with van der Waals surface area (Å²) in [5.74, 6) is 1.14. The molecule has 0 N–H and O–H groups in total. The number of ether oxygens (including phenoxy) is 1. The maximum absolute atomic E-state index is 13.4. The summed E-state index contributed by atoms with van der Waals surface area (Å²) in [6.07, 6.45) is 5.66. The third-order valence-corrected chi connectivity index (χ3v) is 7.63. The Hall–Kier alpha value is -1.03. The maximum atomic E-state index is 13.4. The van der Waals surface area contributed by atoms with Gasteiger partial charge in [-0.05, 0) is 75.5 Å². The molecule has 1 heterocycles. The number of esters is 1. The zero-order chi connectivity index (χ0) is 19.0. The van der Waals surface area contributed by atoms with Crippen LogP contribution in [0.5, 0.6) is 5.75 Å². The fraction of sp³-hybridized carbons (Fsp3) is 0.524. The van der Waals surface area contributed by atoms with Crippen LogP contribution in [0, 0.1) is 24.2 Å². The van der Waals surface area contributed by atoms with E-state index < -0.39 is 5.41 Å². The van der Waals surface area contributed by atoms with Gasteiger partial charge in [-0.25, -0.2) is 4.98 Å². The van der Waals surface area contributed by atoms with Gasteiger partial charge < -0.3 is 4.74 Å². The molecule has 0 saturated heterocycles. The number of nitrogens with zero attached hydrogens (tertiary/aromatic N) is 1. The molecule has 2 unspecified atom stereocenters. The number of alkyl halides is 1. The van der Waals surface area contributed by atoms with Gasteiger partial charge in [0, 0.05) is 16.0 Å². The first-order valence-electron chi connectivity index (χ1n) is 9.44. The summed E-state index contributed by atoms with van der Waals surface area (Å²) < 4.78 is 5.95. The Morgan fingerprint density at radius 1 is 1.15 bits per heavy atom. The standard InChI is InChI=1S/C21H20Cl3NO2/c1-11-2-3-14-15(22)5-16(23)18(17(14)25-11)27-19(26)20-6-12-4-13(7-20)9-21(24,8-12)10-20/h2-3,5,12-13H,4,6-10H2,1H3. The van der Waals surface area contributed by atoms with E-state index >= 15 is 0 Å². The topological polar surface area (TPSA) is 39.2 Å². The van der Waals surface area contributed by atoms with Crippen LogP contribution in [-0.4, -0.2) is 15.8 Å². The van der Waals surface area contributed by atoms with E-state index in [-0.39, 0.29) is 10.8 Å². The van der Waals surface area contributed by atoms with Crippen molar-refractivity contribution < 1.29 is 9.53 Å². The van der Waals surface area contributed by atoms with E-state index in [1.165, 1.54) is 6.42 Å². The van der Waals surface area contributed by atoms with Crippen LogP contribution in [0.2, 0.25) is 10.0 Å². The highest BCUT2D eigenvalue weighted by molar-refractivity contribution is 6.39. The second-order valence-corrected chi connectivity index (χ2v) is 10.4. The van der Waals surface area contributed by atoms with Crippen molar-refractivity contribution in [3.8, 4) is 5.75 Å². The van der Waals surface area contributed by atoms with E-state index in [4.69, 9.17) is 39.5 Å². The van der Waals surface area contributed by atoms with Gasteiger partial charge in [-0.1, -0.05) is 23.2 Å². The first-order valence-corrected chi connectivity index (χ1v) is 10.6. The lowest BCUT2D eigenvalue weighted by Gasteiger charge is -2.58. The molecule has 0 aliphatic heterocycles. The predicted molar refractivity (Wildman–Crippen MR) is 108 cm³/mol. The van der Waals surface area contributed by atoms with E-state index in [0.29, 0.717) is 39.6 Å². The molecule has 4 aliphatic rings. The first-order chi connectivity index (χ1) is 12.8. The molecule has 1 aromatic carbocycles. The van der Waals surface area contributed by atoms with Gasteiger partial charge in [-0.3, -0.25) is 4.79 Å². The molecule has 0 spiro atoms. The van der Waals surface area contributed by atoms with Crippen LogP contribution < -0.4 is 4.74 Å². The number of carbonyl (C=O) groups excluding carboxylic acids is 1. The number of halogens is 3. The van der Waals surface area contributed by atoms with E-state index in [1.54, 1.807) is 6.07 Å². The van der Waals surface area contributed by atoms with Crippen molar-refractivity contribution >= 4 is 51.7 Å². The van der Waals surface area contributed by atoms with Crippen LogP contribution in [-0.2, 0) is 4.79 Å². The fourth-order valence-electron chi connectivity index (χ4n) is 5.98. The lowest BCUT2D eigenvalue weighted by molar-refractivity contribution is -0.159. The highest BCUT2D eigenvalue weighted by atomic mass is 35.5. The molecule has 0 amide bonds. The van der Waals surface area contributed by atoms with E-state index in [0.717, 1.165) is 36.8 Å². The van der Waals surface area contributed by atoms with Gasteiger partial charge in [0.25, 0.3) is 0 Å². The highest BCUT2D eigenvalue weighted by Crippen LogP contribution is 2.64. The molecule has 4 fully saturated rings. The number of aryl methyl sites for hydroxylation is 1. The summed E-state index contributed by atoms with van der Waals surface area (Å²) in [6.45, 7) is 1.89. The van der Waals surface area contributed by atoms with E-state index in [2.05, 4.69) is 4.98 Å². The van der Waals surface area contributed by atoms with Crippen LogP contribution in [0.3, 0.4) is 0 Å². The smallest absolute Gasteiger partial charge is 0.317 e. The van der Waals surface area contributed by atoms with Crippen molar-refractivity contribution in [2.75, 3.05) is 0 Å². The molecule has 2 atom stereocenters. The van der Waals surface area contributed by atoms with Gasteiger partial charge in [0.2, 0.25) is 0 Å². The number of pyridine rings is 1. The Bertz CT molecular complexity index is 960. The molecule has 2 aromatic rings. The van der Waals surface area contributed by atoms with E-state index in [1.807, 2.05) is 19.1 Å². The third kappa shape index (κ3) is 2.85. The minimum absolute atomic E-state index is 0.213. The number of benzene rings is 1. The Morgan fingerprint density at radius 2 is 1.85 bits per heavy atom. The predicted octanol–water partition coefficient (Wildman–Crippen LogP) is 6.33. The Morgan fingerprint density at radius 3 is 2.52 bits per heavy atom. The summed E-state index contributed by atoms with van der Waals surface area (Å²) in [7, 11) is 0. The highest BCUT2D eigenvalue weighted by Gasteiger charge is 2.61. The zero-order valence-corrected chi connectivity index (χ0v) is 17.3. The van der Waals surface area contributed by atoms with Crippen LogP contribution in [0.15, 0.2) is 18.2 Å². The number of aromatic nitrogens is 1. The fourth-order valence-corrected chi connectivity index (χ4v) is 7.22. The molecule has 3 nitrogen and oxygen atoms in total. The average molecular weight is 425 g/mol. The van der Waals surface area contributed by atoms with Crippen molar-refractivity contribution in [1.29, 1.82) is 0 Å². The molecule has 4 bridgehead atoms. The molecule has 4 aliphatic carbocycles. The first kappa shape index (κ1) is 18.0.